The summed E-state index contributed by atoms with van der Waals surface area (Å²) in [5, 5.41) is 6.69. The second-order valence-electron chi connectivity index (χ2n) is 7.75. The number of rotatable bonds is 4. The second-order valence-corrected chi connectivity index (χ2v) is 7.75. The summed E-state index contributed by atoms with van der Waals surface area (Å²) in [5.74, 6) is 0.920. The SMILES string of the molecule is CC1(C)COCCN1CCNC(=O)C1CC2CCCCC2N1. The zero-order chi connectivity index (χ0) is 15.6. The van der Waals surface area contributed by atoms with E-state index in [1.807, 2.05) is 0 Å². The van der Waals surface area contributed by atoms with E-state index < -0.39 is 0 Å². The lowest BCUT2D eigenvalue weighted by molar-refractivity contribution is -0.123. The van der Waals surface area contributed by atoms with Crippen LogP contribution in [0, 0.1) is 5.92 Å². The number of nitrogens with zero attached hydrogens (tertiary/aromatic N) is 1. The molecule has 2 aliphatic heterocycles. The number of morpholine rings is 1. The van der Waals surface area contributed by atoms with Crippen LogP contribution in [0.5, 0.6) is 0 Å². The highest BCUT2D eigenvalue weighted by Crippen LogP contribution is 2.33. The first-order valence-corrected chi connectivity index (χ1v) is 8.93. The minimum Gasteiger partial charge on any atom is -0.378 e. The lowest BCUT2D eigenvalue weighted by Gasteiger charge is -2.42. The first-order chi connectivity index (χ1) is 10.6. The Morgan fingerprint density at radius 2 is 2.18 bits per heavy atom. The summed E-state index contributed by atoms with van der Waals surface area (Å²) >= 11 is 0. The van der Waals surface area contributed by atoms with Crippen LogP contribution in [0.2, 0.25) is 0 Å². The van der Waals surface area contributed by atoms with Gasteiger partial charge in [0.25, 0.3) is 0 Å². The maximum Gasteiger partial charge on any atom is 0.237 e. The van der Waals surface area contributed by atoms with Gasteiger partial charge in [-0.1, -0.05) is 12.8 Å². The maximum absolute atomic E-state index is 12.4. The molecule has 1 saturated carbocycles. The van der Waals surface area contributed by atoms with Gasteiger partial charge in [-0.3, -0.25) is 9.69 Å². The molecule has 5 nitrogen and oxygen atoms in total. The number of nitrogens with one attached hydrogen (secondary N) is 2. The fourth-order valence-electron chi connectivity index (χ4n) is 4.26. The minimum atomic E-state index is 0.0331. The predicted molar refractivity (Wildman–Crippen MR) is 86.8 cm³/mol. The summed E-state index contributed by atoms with van der Waals surface area (Å²) < 4.78 is 5.54. The highest BCUT2D eigenvalue weighted by Gasteiger charge is 2.38. The molecule has 1 aliphatic carbocycles. The Kier molecular flexibility index (Phi) is 5.05. The van der Waals surface area contributed by atoms with Gasteiger partial charge >= 0.3 is 0 Å². The first kappa shape index (κ1) is 16.2. The molecule has 0 spiro atoms. The third-order valence-electron chi connectivity index (χ3n) is 5.68. The van der Waals surface area contributed by atoms with Gasteiger partial charge in [-0.2, -0.15) is 0 Å². The van der Waals surface area contributed by atoms with Crippen LogP contribution >= 0.6 is 0 Å². The van der Waals surface area contributed by atoms with Gasteiger partial charge in [0.05, 0.1) is 19.3 Å². The van der Waals surface area contributed by atoms with Crippen molar-refractivity contribution < 1.29 is 9.53 Å². The molecule has 0 aromatic heterocycles. The predicted octanol–water partition coefficient (Wildman–Crippen LogP) is 1.13. The Morgan fingerprint density at radius 1 is 1.36 bits per heavy atom. The second kappa shape index (κ2) is 6.85. The summed E-state index contributed by atoms with van der Waals surface area (Å²) in [6, 6.07) is 0.619. The molecule has 22 heavy (non-hydrogen) atoms. The van der Waals surface area contributed by atoms with Crippen LogP contribution in [0.25, 0.3) is 0 Å². The third kappa shape index (κ3) is 3.63. The van der Waals surface area contributed by atoms with Crippen LogP contribution in [0.1, 0.15) is 46.0 Å². The number of carbonyl (C=O) groups excluding carboxylic acids is 1. The van der Waals surface area contributed by atoms with Crippen molar-refractivity contribution in [1.29, 1.82) is 0 Å². The summed E-state index contributed by atoms with van der Waals surface area (Å²) in [6.07, 6.45) is 6.22. The molecular weight excluding hydrogens is 278 g/mol. The van der Waals surface area contributed by atoms with Crippen molar-refractivity contribution >= 4 is 5.91 Å². The van der Waals surface area contributed by atoms with E-state index in [4.69, 9.17) is 4.74 Å². The molecule has 3 aliphatic rings. The normalized spacial score (nSPS) is 35.1. The molecule has 0 aromatic carbocycles. The highest BCUT2D eigenvalue weighted by molar-refractivity contribution is 5.82. The zero-order valence-corrected chi connectivity index (χ0v) is 14.1. The third-order valence-corrected chi connectivity index (χ3v) is 5.68. The fourth-order valence-corrected chi connectivity index (χ4v) is 4.26. The summed E-state index contributed by atoms with van der Waals surface area (Å²) in [4.78, 5) is 14.8. The average molecular weight is 309 g/mol. The number of carbonyl (C=O) groups is 1. The summed E-state index contributed by atoms with van der Waals surface area (Å²) in [5.41, 5.74) is 0.0729. The van der Waals surface area contributed by atoms with E-state index in [0.717, 1.165) is 45.2 Å². The average Bonchev–Trinajstić information content (AvgIpc) is 2.92. The van der Waals surface area contributed by atoms with Crippen LogP contribution in [0.4, 0.5) is 0 Å². The number of amides is 1. The quantitative estimate of drug-likeness (QED) is 0.817. The van der Waals surface area contributed by atoms with Gasteiger partial charge in [0.2, 0.25) is 5.91 Å². The Labute approximate surface area is 134 Å². The summed E-state index contributed by atoms with van der Waals surface area (Å²) in [6.45, 7) is 8.57. The Balaban J connectivity index is 1.41. The van der Waals surface area contributed by atoms with Gasteiger partial charge in [-0.05, 0) is 39.0 Å². The van der Waals surface area contributed by atoms with Crippen molar-refractivity contribution in [3.8, 4) is 0 Å². The van der Waals surface area contributed by atoms with Crippen molar-refractivity contribution in [3.05, 3.63) is 0 Å². The molecule has 2 N–H and O–H groups in total. The smallest absolute Gasteiger partial charge is 0.237 e. The lowest BCUT2D eigenvalue weighted by atomic mass is 9.85. The number of hydrogen-bond donors (Lipinski definition) is 2. The molecule has 3 fully saturated rings. The van der Waals surface area contributed by atoms with E-state index in [1.54, 1.807) is 0 Å². The fraction of sp³-hybridized carbons (Fsp3) is 0.941. The van der Waals surface area contributed by atoms with Crippen LogP contribution in [-0.4, -0.2) is 61.3 Å². The van der Waals surface area contributed by atoms with E-state index in [-0.39, 0.29) is 17.5 Å². The standard InChI is InChI=1S/C17H31N3O2/c1-17(2)12-22-10-9-20(17)8-7-18-16(21)15-11-13-5-3-4-6-14(13)19-15/h13-15,19H,3-12H2,1-2H3,(H,18,21). The van der Waals surface area contributed by atoms with E-state index in [2.05, 4.69) is 29.4 Å². The van der Waals surface area contributed by atoms with Crippen molar-refractivity contribution in [1.82, 2.24) is 15.5 Å². The number of hydrogen-bond acceptors (Lipinski definition) is 4. The highest BCUT2D eigenvalue weighted by atomic mass is 16.5. The zero-order valence-electron chi connectivity index (χ0n) is 14.1. The van der Waals surface area contributed by atoms with Crippen LogP contribution in [0.15, 0.2) is 0 Å². The van der Waals surface area contributed by atoms with Gasteiger partial charge in [-0.15, -0.1) is 0 Å². The van der Waals surface area contributed by atoms with Crippen molar-refractivity contribution in [3.63, 3.8) is 0 Å². The molecule has 0 aromatic rings. The van der Waals surface area contributed by atoms with Crippen molar-refractivity contribution in [2.75, 3.05) is 32.8 Å². The molecule has 126 valence electrons. The molecule has 3 unspecified atom stereocenters. The van der Waals surface area contributed by atoms with E-state index in [9.17, 15) is 4.79 Å². The van der Waals surface area contributed by atoms with Gasteiger partial charge < -0.3 is 15.4 Å². The number of ether oxygens (including phenoxy) is 1. The first-order valence-electron chi connectivity index (χ1n) is 8.93. The van der Waals surface area contributed by atoms with Crippen LogP contribution in [0.3, 0.4) is 0 Å². The maximum atomic E-state index is 12.4. The largest absolute Gasteiger partial charge is 0.378 e. The molecular formula is C17H31N3O2. The van der Waals surface area contributed by atoms with Gasteiger partial charge in [0, 0.05) is 31.2 Å². The van der Waals surface area contributed by atoms with Gasteiger partial charge in [0.15, 0.2) is 0 Å². The van der Waals surface area contributed by atoms with E-state index in [0.29, 0.717) is 6.04 Å². The van der Waals surface area contributed by atoms with Gasteiger partial charge in [0.1, 0.15) is 0 Å². The Bertz CT molecular complexity index is 385. The van der Waals surface area contributed by atoms with Gasteiger partial charge in [-0.25, -0.2) is 0 Å². The van der Waals surface area contributed by atoms with Crippen molar-refractivity contribution in [2.45, 2.75) is 63.6 Å². The number of fused-ring (bicyclic) bond motifs is 1. The summed E-state index contributed by atoms with van der Waals surface area (Å²) in [7, 11) is 0. The van der Waals surface area contributed by atoms with Crippen molar-refractivity contribution in [2.24, 2.45) is 5.92 Å². The minimum absolute atomic E-state index is 0.0331. The lowest BCUT2D eigenvalue weighted by Crippen LogP contribution is -2.55. The molecule has 0 radical (unpaired) electrons. The Hall–Kier alpha value is -0.650. The molecule has 1 amide bonds. The monoisotopic (exact) mass is 309 g/mol. The molecule has 2 saturated heterocycles. The van der Waals surface area contributed by atoms with E-state index >= 15 is 0 Å². The molecule has 0 bridgehead atoms. The Morgan fingerprint density at radius 3 is 2.95 bits per heavy atom. The molecule has 3 rings (SSSR count). The molecule has 5 heteroatoms. The topological polar surface area (TPSA) is 53.6 Å². The molecule has 2 heterocycles. The molecule has 3 atom stereocenters. The van der Waals surface area contributed by atoms with Crippen LogP contribution < -0.4 is 10.6 Å². The van der Waals surface area contributed by atoms with Crippen LogP contribution in [-0.2, 0) is 9.53 Å². The van der Waals surface area contributed by atoms with E-state index in [1.165, 1.54) is 25.7 Å².